The van der Waals surface area contributed by atoms with Crippen molar-refractivity contribution < 1.29 is 9.47 Å². The molecule has 0 saturated heterocycles. The number of methoxy groups -OCH3 is 1. The van der Waals surface area contributed by atoms with Gasteiger partial charge in [-0.2, -0.15) is 0 Å². The summed E-state index contributed by atoms with van der Waals surface area (Å²) in [4.78, 5) is 8.70. The van der Waals surface area contributed by atoms with Crippen LogP contribution in [0.2, 0.25) is 0 Å². The largest absolute Gasteiger partial charge is 0.496 e. The monoisotopic (exact) mass is 436 g/mol. The van der Waals surface area contributed by atoms with E-state index in [9.17, 15) is 0 Å². The van der Waals surface area contributed by atoms with Crippen molar-refractivity contribution in [2.24, 2.45) is 0 Å². The zero-order chi connectivity index (χ0) is 22.7. The number of rotatable bonds is 10. The molecule has 2 aromatic carbocycles. The minimum Gasteiger partial charge on any atom is -0.496 e. The molecule has 0 bridgehead atoms. The highest BCUT2D eigenvalue weighted by molar-refractivity contribution is 5.87. The van der Waals surface area contributed by atoms with Crippen molar-refractivity contribution in [3.63, 3.8) is 0 Å². The first-order chi connectivity index (χ1) is 16.3. The van der Waals surface area contributed by atoms with E-state index in [-0.39, 0.29) is 0 Å². The number of aromatic nitrogens is 2. The highest BCUT2D eigenvalue weighted by atomic mass is 16.5. The van der Waals surface area contributed by atoms with Gasteiger partial charge < -0.3 is 9.47 Å². The normalized spacial score (nSPS) is 11.4. The van der Waals surface area contributed by atoms with Crippen LogP contribution in [0.25, 0.3) is 23.1 Å². The summed E-state index contributed by atoms with van der Waals surface area (Å²) in [6.07, 6.45) is 15.5. The number of unbranched alkanes of at least 4 members (excludes halogenated alkanes) is 2. The minimum absolute atomic E-state index is 0.433. The summed E-state index contributed by atoms with van der Waals surface area (Å²) in [7, 11) is 1.68. The maximum Gasteiger partial charge on any atom is 0.130 e. The fourth-order valence-electron chi connectivity index (χ4n) is 3.61. The second kappa shape index (κ2) is 11.6. The molecule has 0 saturated carbocycles. The lowest BCUT2D eigenvalue weighted by molar-refractivity contribution is 0.299. The Morgan fingerprint density at radius 1 is 0.788 bits per heavy atom. The lowest BCUT2D eigenvalue weighted by atomic mass is 10.1. The Morgan fingerprint density at radius 3 is 2.45 bits per heavy atom. The fourth-order valence-corrected chi connectivity index (χ4v) is 3.61. The molecule has 0 spiro atoms. The van der Waals surface area contributed by atoms with E-state index in [4.69, 9.17) is 9.47 Å². The van der Waals surface area contributed by atoms with Crippen LogP contribution in [-0.4, -0.2) is 17.1 Å². The van der Waals surface area contributed by atoms with E-state index in [1.54, 1.807) is 13.3 Å². The molecule has 0 N–H and O–H groups in total. The second-order valence-electron chi connectivity index (χ2n) is 7.67. The first-order valence-electron chi connectivity index (χ1n) is 11.2. The number of pyridine rings is 2. The smallest absolute Gasteiger partial charge is 0.130 e. The van der Waals surface area contributed by atoms with Gasteiger partial charge in [0.05, 0.1) is 18.3 Å². The molecular formula is C29H28N2O2. The Labute approximate surface area is 195 Å². The molecule has 2 aromatic heterocycles. The maximum atomic E-state index is 5.84. The predicted molar refractivity (Wildman–Crippen MR) is 135 cm³/mol. The van der Waals surface area contributed by atoms with Gasteiger partial charge in [0, 0.05) is 29.4 Å². The Bertz CT molecular complexity index is 1230. The Kier molecular flexibility index (Phi) is 7.85. The average Bonchev–Trinajstić information content (AvgIpc) is 2.88. The molecule has 4 aromatic rings. The minimum atomic E-state index is 0.433. The molecule has 4 heteroatoms. The van der Waals surface area contributed by atoms with Crippen molar-refractivity contribution in [2.75, 3.05) is 7.11 Å². The molecular weight excluding hydrogens is 408 g/mol. The van der Waals surface area contributed by atoms with Crippen molar-refractivity contribution in [1.29, 1.82) is 0 Å². The van der Waals surface area contributed by atoms with Crippen LogP contribution in [0.1, 0.15) is 36.1 Å². The first-order valence-corrected chi connectivity index (χ1v) is 11.2. The number of nitrogens with zero attached hydrogens (tertiary/aromatic N) is 2. The van der Waals surface area contributed by atoms with Crippen molar-refractivity contribution >= 4 is 23.1 Å². The maximum absolute atomic E-state index is 5.84. The molecule has 0 amide bonds. The van der Waals surface area contributed by atoms with Gasteiger partial charge in [-0.25, -0.2) is 0 Å². The van der Waals surface area contributed by atoms with Gasteiger partial charge in [0.1, 0.15) is 18.1 Å². The van der Waals surface area contributed by atoms with Crippen LogP contribution in [-0.2, 0) is 6.61 Å². The van der Waals surface area contributed by atoms with Gasteiger partial charge in [-0.1, -0.05) is 48.6 Å². The topological polar surface area (TPSA) is 44.2 Å². The van der Waals surface area contributed by atoms with E-state index in [0.29, 0.717) is 6.61 Å². The van der Waals surface area contributed by atoms with Crippen molar-refractivity contribution in [3.8, 4) is 11.5 Å². The highest BCUT2D eigenvalue weighted by Crippen LogP contribution is 2.26. The molecule has 33 heavy (non-hydrogen) atoms. The molecule has 4 nitrogen and oxygen atoms in total. The van der Waals surface area contributed by atoms with Gasteiger partial charge in [-0.15, -0.1) is 0 Å². The number of hydrogen-bond acceptors (Lipinski definition) is 4. The van der Waals surface area contributed by atoms with Crippen LogP contribution in [0.3, 0.4) is 0 Å². The summed E-state index contributed by atoms with van der Waals surface area (Å²) in [6, 6.07) is 22.0. The van der Waals surface area contributed by atoms with Crippen molar-refractivity contribution in [2.45, 2.75) is 25.9 Å². The number of fused-ring (bicyclic) bond motifs is 1. The van der Waals surface area contributed by atoms with Crippen molar-refractivity contribution in [3.05, 3.63) is 108 Å². The summed E-state index contributed by atoms with van der Waals surface area (Å²) in [5, 5.41) is 1.19. The number of benzene rings is 2. The van der Waals surface area contributed by atoms with E-state index in [2.05, 4.69) is 52.5 Å². The van der Waals surface area contributed by atoms with Gasteiger partial charge in [0.2, 0.25) is 0 Å². The molecule has 0 fully saturated rings. The lowest BCUT2D eigenvalue weighted by Crippen LogP contribution is -1.98. The van der Waals surface area contributed by atoms with Gasteiger partial charge in [-0.05, 0) is 61.2 Å². The molecule has 0 aliphatic rings. The number of ether oxygens (including phenoxy) is 2. The third-order valence-corrected chi connectivity index (χ3v) is 5.33. The van der Waals surface area contributed by atoms with Gasteiger partial charge >= 0.3 is 0 Å². The van der Waals surface area contributed by atoms with E-state index in [0.717, 1.165) is 47.5 Å². The molecule has 166 valence electrons. The van der Waals surface area contributed by atoms with Crippen LogP contribution < -0.4 is 9.47 Å². The molecule has 0 aliphatic carbocycles. The predicted octanol–water partition coefficient (Wildman–Crippen LogP) is 7.11. The highest BCUT2D eigenvalue weighted by Gasteiger charge is 2.04. The lowest BCUT2D eigenvalue weighted by Gasteiger charge is -2.10. The van der Waals surface area contributed by atoms with Crippen LogP contribution in [0.4, 0.5) is 0 Å². The van der Waals surface area contributed by atoms with Crippen molar-refractivity contribution in [1.82, 2.24) is 9.97 Å². The summed E-state index contributed by atoms with van der Waals surface area (Å²) in [5.41, 5.74) is 4.18. The van der Waals surface area contributed by atoms with E-state index in [1.165, 1.54) is 10.9 Å². The van der Waals surface area contributed by atoms with Crippen LogP contribution in [0.15, 0.2) is 91.3 Å². The standard InChI is InChI=1S/C29H28N2O2/c1-32-29-21-26(33-22-25-14-7-8-19-30-25)18-17-24(29)12-6-4-2-3-5-11-23-13-9-16-28-27(23)15-10-20-31-28/h5-21H,2-4,22H2,1H3/b11-5+,12-6+. The second-order valence-corrected chi connectivity index (χ2v) is 7.67. The third kappa shape index (κ3) is 6.30. The number of allylic oxidation sites excluding steroid dienone is 2. The molecule has 0 unspecified atom stereocenters. The SMILES string of the molecule is COc1cc(OCc2ccccn2)ccc1/C=C/CCC/C=C/c1cccc2ncccc12. The molecule has 4 rings (SSSR count). The summed E-state index contributed by atoms with van der Waals surface area (Å²) < 4.78 is 11.4. The van der Waals surface area contributed by atoms with Crippen LogP contribution in [0.5, 0.6) is 11.5 Å². The molecule has 0 radical (unpaired) electrons. The quantitative estimate of drug-likeness (QED) is 0.248. The summed E-state index contributed by atoms with van der Waals surface area (Å²) in [5.74, 6) is 1.57. The Morgan fingerprint density at radius 2 is 1.64 bits per heavy atom. The van der Waals surface area contributed by atoms with Gasteiger partial charge in [0.25, 0.3) is 0 Å². The molecule has 2 heterocycles. The molecule has 0 aliphatic heterocycles. The van der Waals surface area contributed by atoms with E-state index >= 15 is 0 Å². The average molecular weight is 437 g/mol. The first kappa shape index (κ1) is 22.3. The Hall–Kier alpha value is -3.92. The number of hydrogen-bond donors (Lipinski definition) is 0. The summed E-state index contributed by atoms with van der Waals surface area (Å²) in [6.45, 7) is 0.433. The van der Waals surface area contributed by atoms with E-state index in [1.807, 2.05) is 54.7 Å². The molecule has 0 atom stereocenters. The fraction of sp³-hybridized carbons (Fsp3) is 0.172. The van der Waals surface area contributed by atoms with Crippen LogP contribution >= 0.6 is 0 Å². The van der Waals surface area contributed by atoms with Crippen LogP contribution in [0, 0.1) is 0 Å². The van der Waals surface area contributed by atoms with E-state index < -0.39 is 0 Å². The van der Waals surface area contributed by atoms with Gasteiger partial charge in [-0.3, -0.25) is 9.97 Å². The zero-order valence-corrected chi connectivity index (χ0v) is 18.9. The summed E-state index contributed by atoms with van der Waals surface area (Å²) >= 11 is 0. The Balaban J connectivity index is 1.27. The zero-order valence-electron chi connectivity index (χ0n) is 18.9. The third-order valence-electron chi connectivity index (χ3n) is 5.33. The van der Waals surface area contributed by atoms with Gasteiger partial charge in [0.15, 0.2) is 0 Å².